The van der Waals surface area contributed by atoms with Crippen LogP contribution in [0.1, 0.15) is 18.5 Å². The van der Waals surface area contributed by atoms with Crippen molar-refractivity contribution in [2.75, 3.05) is 13.6 Å². The lowest BCUT2D eigenvalue weighted by atomic mass is 10.1. The van der Waals surface area contributed by atoms with Crippen LogP contribution in [0.4, 0.5) is 0 Å². The third-order valence-corrected chi connectivity index (χ3v) is 7.17. The van der Waals surface area contributed by atoms with Gasteiger partial charge in [-0.1, -0.05) is 41.4 Å². The Morgan fingerprint density at radius 2 is 1.92 bits per heavy atom. The largest absolute Gasteiger partial charge is 0.348 e. The molecule has 1 N–H and O–H groups in total. The summed E-state index contributed by atoms with van der Waals surface area (Å²) in [6.07, 6.45) is 0. The number of carbonyl (C=O) groups excluding carboxylic acids is 1. The van der Waals surface area contributed by atoms with E-state index in [9.17, 15) is 13.2 Å². The van der Waals surface area contributed by atoms with Crippen LogP contribution in [0.25, 0.3) is 0 Å². The van der Waals surface area contributed by atoms with Crippen LogP contribution in [0.3, 0.4) is 0 Å². The van der Waals surface area contributed by atoms with Gasteiger partial charge in [-0.15, -0.1) is 11.3 Å². The van der Waals surface area contributed by atoms with Crippen molar-refractivity contribution in [3.63, 3.8) is 0 Å². The molecule has 0 radical (unpaired) electrons. The number of benzene rings is 1. The standard InChI is InChI=1S/C15H16Cl2N2O3S2/c1-10(11-5-3-4-6-12(11)16)18-14(20)9-19(2)24(21,22)15-8-7-13(17)23-15/h3-8,10H,9H2,1-2H3,(H,18,20). The van der Waals surface area contributed by atoms with Gasteiger partial charge in [0.2, 0.25) is 5.91 Å². The van der Waals surface area contributed by atoms with Gasteiger partial charge in [0.1, 0.15) is 4.21 Å². The van der Waals surface area contributed by atoms with Gasteiger partial charge in [-0.25, -0.2) is 8.42 Å². The second-order valence-electron chi connectivity index (χ2n) is 5.13. The average Bonchev–Trinajstić information content (AvgIpc) is 2.94. The summed E-state index contributed by atoms with van der Waals surface area (Å²) in [5.74, 6) is -0.420. The van der Waals surface area contributed by atoms with Crippen molar-refractivity contribution < 1.29 is 13.2 Å². The molecule has 1 unspecified atom stereocenters. The highest BCUT2D eigenvalue weighted by atomic mass is 35.5. The van der Waals surface area contributed by atoms with Gasteiger partial charge in [-0.05, 0) is 30.7 Å². The third kappa shape index (κ3) is 4.49. The molecule has 0 saturated carbocycles. The average molecular weight is 407 g/mol. The van der Waals surface area contributed by atoms with Crippen LogP contribution in [-0.2, 0) is 14.8 Å². The molecule has 0 bridgehead atoms. The molecule has 1 aromatic heterocycles. The zero-order valence-corrected chi connectivity index (χ0v) is 16.1. The lowest BCUT2D eigenvalue weighted by molar-refractivity contribution is -0.121. The van der Waals surface area contributed by atoms with Crippen LogP contribution in [-0.4, -0.2) is 32.2 Å². The summed E-state index contributed by atoms with van der Waals surface area (Å²) in [6, 6.07) is 9.75. The maximum atomic E-state index is 12.4. The molecule has 1 heterocycles. The zero-order valence-electron chi connectivity index (χ0n) is 13.0. The van der Waals surface area contributed by atoms with E-state index in [2.05, 4.69) is 5.32 Å². The number of amides is 1. The van der Waals surface area contributed by atoms with E-state index in [-0.39, 0.29) is 16.8 Å². The molecule has 0 spiro atoms. The molecule has 0 saturated heterocycles. The van der Waals surface area contributed by atoms with Gasteiger partial charge >= 0.3 is 0 Å². The minimum Gasteiger partial charge on any atom is -0.348 e. The van der Waals surface area contributed by atoms with Crippen LogP contribution in [0.15, 0.2) is 40.6 Å². The first kappa shape index (κ1) is 19.2. The molecule has 24 heavy (non-hydrogen) atoms. The number of sulfonamides is 1. The Morgan fingerprint density at radius 1 is 1.25 bits per heavy atom. The summed E-state index contributed by atoms with van der Waals surface area (Å²) < 4.78 is 26.2. The van der Waals surface area contributed by atoms with Crippen molar-refractivity contribution in [2.24, 2.45) is 0 Å². The lowest BCUT2D eigenvalue weighted by Crippen LogP contribution is -2.39. The van der Waals surface area contributed by atoms with E-state index in [0.717, 1.165) is 21.2 Å². The Morgan fingerprint density at radius 3 is 2.50 bits per heavy atom. The summed E-state index contributed by atoms with van der Waals surface area (Å²) in [5.41, 5.74) is 0.767. The third-order valence-electron chi connectivity index (χ3n) is 3.33. The first-order valence-electron chi connectivity index (χ1n) is 6.97. The Bertz CT molecular complexity index is 837. The lowest BCUT2D eigenvalue weighted by Gasteiger charge is -2.19. The molecule has 1 aromatic carbocycles. The number of carbonyl (C=O) groups is 1. The van der Waals surface area contributed by atoms with E-state index in [1.807, 2.05) is 6.07 Å². The topological polar surface area (TPSA) is 66.5 Å². The van der Waals surface area contributed by atoms with Crippen molar-refractivity contribution in [1.29, 1.82) is 0 Å². The number of nitrogens with zero attached hydrogens (tertiary/aromatic N) is 1. The minimum atomic E-state index is -3.74. The summed E-state index contributed by atoms with van der Waals surface area (Å²) in [5, 5.41) is 3.29. The predicted molar refractivity (Wildman–Crippen MR) is 97.2 cm³/mol. The number of hydrogen-bond donors (Lipinski definition) is 1. The SMILES string of the molecule is CC(NC(=O)CN(C)S(=O)(=O)c1ccc(Cl)s1)c1ccccc1Cl. The molecule has 5 nitrogen and oxygen atoms in total. The predicted octanol–water partition coefficient (Wildman–Crippen LogP) is 3.55. The number of rotatable bonds is 6. The fourth-order valence-electron chi connectivity index (χ4n) is 2.07. The van der Waals surface area contributed by atoms with Crippen LogP contribution >= 0.6 is 34.5 Å². The van der Waals surface area contributed by atoms with E-state index in [1.165, 1.54) is 19.2 Å². The van der Waals surface area contributed by atoms with Gasteiger partial charge in [0.05, 0.1) is 16.9 Å². The Balaban J connectivity index is 2.03. The van der Waals surface area contributed by atoms with Gasteiger partial charge in [0.15, 0.2) is 0 Å². The van der Waals surface area contributed by atoms with E-state index in [0.29, 0.717) is 9.36 Å². The van der Waals surface area contributed by atoms with Gasteiger partial charge in [-0.3, -0.25) is 4.79 Å². The Labute approximate surface area is 155 Å². The molecule has 0 fully saturated rings. The second kappa shape index (κ2) is 7.84. The molecule has 1 atom stereocenters. The van der Waals surface area contributed by atoms with E-state index < -0.39 is 15.9 Å². The molecule has 0 aliphatic rings. The minimum absolute atomic E-state index is 0.0990. The molecular formula is C15H16Cl2N2O3S2. The smallest absolute Gasteiger partial charge is 0.252 e. The fourth-order valence-corrected chi connectivity index (χ4v) is 5.19. The van der Waals surface area contributed by atoms with Crippen molar-refractivity contribution >= 4 is 50.5 Å². The van der Waals surface area contributed by atoms with Crippen LogP contribution in [0, 0.1) is 0 Å². The fraction of sp³-hybridized carbons (Fsp3) is 0.267. The van der Waals surface area contributed by atoms with Gasteiger partial charge < -0.3 is 5.32 Å². The van der Waals surface area contributed by atoms with Crippen molar-refractivity contribution in [1.82, 2.24) is 9.62 Å². The van der Waals surface area contributed by atoms with Crippen molar-refractivity contribution in [2.45, 2.75) is 17.2 Å². The zero-order chi connectivity index (χ0) is 17.9. The molecule has 1 amide bonds. The second-order valence-corrected chi connectivity index (χ2v) is 9.52. The molecule has 0 aliphatic carbocycles. The molecule has 130 valence electrons. The summed E-state index contributed by atoms with van der Waals surface area (Å²) in [7, 11) is -2.39. The molecule has 9 heteroatoms. The number of hydrogen-bond acceptors (Lipinski definition) is 4. The normalized spacial score (nSPS) is 13.0. The Kier molecular flexibility index (Phi) is 6.28. The number of halogens is 2. The first-order valence-corrected chi connectivity index (χ1v) is 9.98. The van der Waals surface area contributed by atoms with E-state index in [1.54, 1.807) is 25.1 Å². The van der Waals surface area contributed by atoms with E-state index >= 15 is 0 Å². The summed E-state index contributed by atoms with van der Waals surface area (Å²) in [6.45, 7) is 1.49. The quantitative estimate of drug-likeness (QED) is 0.797. The highest BCUT2D eigenvalue weighted by Gasteiger charge is 2.25. The van der Waals surface area contributed by atoms with Gasteiger partial charge in [-0.2, -0.15) is 4.31 Å². The Hall–Kier alpha value is -1.12. The first-order chi connectivity index (χ1) is 11.2. The van der Waals surface area contributed by atoms with Crippen molar-refractivity contribution in [3.05, 3.63) is 51.3 Å². The number of thiophene rings is 1. The molecule has 2 rings (SSSR count). The van der Waals surface area contributed by atoms with Crippen LogP contribution < -0.4 is 5.32 Å². The van der Waals surface area contributed by atoms with Gasteiger partial charge in [0.25, 0.3) is 10.0 Å². The number of nitrogens with one attached hydrogen (secondary N) is 1. The summed E-state index contributed by atoms with van der Waals surface area (Å²) in [4.78, 5) is 12.1. The highest BCUT2D eigenvalue weighted by Crippen LogP contribution is 2.27. The van der Waals surface area contributed by atoms with E-state index in [4.69, 9.17) is 23.2 Å². The monoisotopic (exact) mass is 406 g/mol. The molecule has 2 aromatic rings. The van der Waals surface area contributed by atoms with Gasteiger partial charge in [0, 0.05) is 12.1 Å². The maximum absolute atomic E-state index is 12.4. The molecule has 0 aliphatic heterocycles. The van der Waals surface area contributed by atoms with Crippen LogP contribution in [0.5, 0.6) is 0 Å². The number of likely N-dealkylation sites (N-methyl/N-ethyl adjacent to an activating group) is 1. The highest BCUT2D eigenvalue weighted by molar-refractivity contribution is 7.91. The van der Waals surface area contributed by atoms with Crippen LogP contribution in [0.2, 0.25) is 9.36 Å². The maximum Gasteiger partial charge on any atom is 0.252 e. The van der Waals surface area contributed by atoms with Crippen molar-refractivity contribution in [3.8, 4) is 0 Å². The summed E-state index contributed by atoms with van der Waals surface area (Å²) >= 11 is 12.8. The molecular weight excluding hydrogens is 391 g/mol.